The number of halogens is 2. The van der Waals surface area contributed by atoms with E-state index < -0.39 is 6.09 Å². The van der Waals surface area contributed by atoms with Gasteiger partial charge in [-0.05, 0) is 19.1 Å². The lowest BCUT2D eigenvalue weighted by atomic mass is 10.3. The maximum absolute atomic E-state index is 12.1. The second-order valence-corrected chi connectivity index (χ2v) is 5.49. The van der Waals surface area contributed by atoms with Gasteiger partial charge in [0.15, 0.2) is 5.17 Å². The minimum absolute atomic E-state index is 0.273. The molecule has 0 unspecified atom stereocenters. The average molecular weight is 319 g/mol. The number of rotatable bonds is 2. The van der Waals surface area contributed by atoms with Crippen LogP contribution >= 0.6 is 35.0 Å². The molecule has 1 aromatic carbocycles. The Balaban J connectivity index is 2.45. The van der Waals surface area contributed by atoms with E-state index in [-0.39, 0.29) is 6.61 Å². The number of nitrogens with zero attached hydrogens (tertiary/aromatic N) is 2. The van der Waals surface area contributed by atoms with Crippen LogP contribution < -0.4 is 4.90 Å². The minimum atomic E-state index is -0.523. The van der Waals surface area contributed by atoms with E-state index in [1.807, 2.05) is 0 Å². The Morgan fingerprint density at radius 2 is 2.16 bits per heavy atom. The highest BCUT2D eigenvalue weighted by molar-refractivity contribution is 8.14. The Labute approximate surface area is 125 Å². The highest BCUT2D eigenvalue weighted by Gasteiger charge is 2.29. The highest BCUT2D eigenvalue weighted by atomic mass is 35.5. The molecular weight excluding hydrogens is 307 g/mol. The fourth-order valence-electron chi connectivity index (χ4n) is 1.61. The molecule has 102 valence electrons. The first-order chi connectivity index (χ1) is 9.15. The molecule has 0 aliphatic carbocycles. The summed E-state index contributed by atoms with van der Waals surface area (Å²) >= 11 is 13.8. The third-order valence-corrected chi connectivity index (χ3v) is 3.94. The van der Waals surface area contributed by atoms with Crippen LogP contribution in [-0.4, -0.2) is 30.2 Å². The van der Waals surface area contributed by atoms with Crippen LogP contribution in [0.3, 0.4) is 0 Å². The first-order valence-electron chi connectivity index (χ1n) is 5.73. The number of carbonyl (C=O) groups excluding carboxylic acids is 1. The van der Waals surface area contributed by atoms with E-state index in [1.165, 1.54) is 16.7 Å². The van der Waals surface area contributed by atoms with Gasteiger partial charge in [-0.2, -0.15) is 0 Å². The zero-order valence-electron chi connectivity index (χ0n) is 10.2. The fourth-order valence-corrected chi connectivity index (χ4v) is 3.02. The maximum atomic E-state index is 12.1. The van der Waals surface area contributed by atoms with E-state index in [0.29, 0.717) is 27.4 Å². The molecule has 2 rings (SSSR count). The molecule has 0 spiro atoms. The van der Waals surface area contributed by atoms with Gasteiger partial charge in [0.1, 0.15) is 0 Å². The monoisotopic (exact) mass is 318 g/mol. The molecule has 0 aromatic heterocycles. The molecule has 0 atom stereocenters. The molecule has 0 N–H and O–H groups in total. The van der Waals surface area contributed by atoms with Crippen LogP contribution in [0.1, 0.15) is 6.92 Å². The molecule has 0 fully saturated rings. The number of anilines is 1. The number of aliphatic imine (C=N–C) groups is 1. The van der Waals surface area contributed by atoms with E-state index in [0.717, 1.165) is 5.75 Å². The van der Waals surface area contributed by atoms with Crippen LogP contribution in [0.4, 0.5) is 10.5 Å². The summed E-state index contributed by atoms with van der Waals surface area (Å²) in [6.45, 7) is 2.68. The lowest BCUT2D eigenvalue weighted by Gasteiger charge is -2.23. The van der Waals surface area contributed by atoms with Crippen molar-refractivity contribution in [3.05, 3.63) is 28.2 Å². The third-order valence-electron chi connectivity index (χ3n) is 2.37. The predicted molar refractivity (Wildman–Crippen MR) is 80.7 cm³/mol. The molecule has 0 saturated carbocycles. The molecule has 0 saturated heterocycles. The van der Waals surface area contributed by atoms with E-state index in [1.54, 1.807) is 25.1 Å². The summed E-state index contributed by atoms with van der Waals surface area (Å²) in [5, 5.41) is 1.33. The number of hydrogen-bond acceptors (Lipinski definition) is 4. The average Bonchev–Trinajstić information content (AvgIpc) is 2.87. The quantitative estimate of drug-likeness (QED) is 0.825. The molecule has 1 amide bonds. The smallest absolute Gasteiger partial charge is 0.420 e. The summed E-state index contributed by atoms with van der Waals surface area (Å²) < 4.78 is 5.06. The number of thioether (sulfide) groups is 1. The molecule has 7 heteroatoms. The summed E-state index contributed by atoms with van der Waals surface area (Å²) in [6, 6.07) is 5.07. The molecule has 1 aliphatic rings. The maximum Gasteiger partial charge on any atom is 0.420 e. The molecule has 0 bridgehead atoms. The summed E-state index contributed by atoms with van der Waals surface area (Å²) in [5.41, 5.74) is 0.414. The van der Waals surface area contributed by atoms with Crippen LogP contribution in [0.2, 0.25) is 10.0 Å². The van der Waals surface area contributed by atoms with Crippen molar-refractivity contribution in [1.82, 2.24) is 0 Å². The molecule has 1 aliphatic heterocycles. The Morgan fingerprint density at radius 1 is 1.47 bits per heavy atom. The van der Waals surface area contributed by atoms with Gasteiger partial charge in [-0.3, -0.25) is 4.99 Å². The summed E-state index contributed by atoms with van der Waals surface area (Å²) in [5.74, 6) is 0.827. The van der Waals surface area contributed by atoms with Crippen LogP contribution in [-0.2, 0) is 4.74 Å². The van der Waals surface area contributed by atoms with Gasteiger partial charge in [0.05, 0.1) is 28.9 Å². The van der Waals surface area contributed by atoms with E-state index in [9.17, 15) is 4.79 Å². The van der Waals surface area contributed by atoms with Crippen LogP contribution in [0.15, 0.2) is 23.2 Å². The van der Waals surface area contributed by atoms with Gasteiger partial charge in [-0.25, -0.2) is 9.69 Å². The minimum Gasteiger partial charge on any atom is -0.449 e. The van der Waals surface area contributed by atoms with Crippen molar-refractivity contribution in [2.45, 2.75) is 6.92 Å². The van der Waals surface area contributed by atoms with Crippen molar-refractivity contribution in [2.24, 2.45) is 4.99 Å². The van der Waals surface area contributed by atoms with Crippen LogP contribution in [0, 0.1) is 0 Å². The molecular formula is C12H12Cl2N2O2S. The number of para-hydroxylation sites is 1. The Hall–Kier alpha value is -0.910. The normalized spacial score (nSPS) is 14.2. The van der Waals surface area contributed by atoms with Crippen molar-refractivity contribution >= 4 is 51.9 Å². The Bertz CT molecular complexity index is 502. The number of ether oxygens (including phenoxy) is 1. The summed E-state index contributed by atoms with van der Waals surface area (Å²) in [7, 11) is 0. The number of amidine groups is 1. The topological polar surface area (TPSA) is 41.9 Å². The fraction of sp³-hybridized carbons (Fsp3) is 0.333. The van der Waals surface area contributed by atoms with Gasteiger partial charge in [0, 0.05) is 5.75 Å². The zero-order chi connectivity index (χ0) is 13.8. The zero-order valence-corrected chi connectivity index (χ0v) is 12.6. The summed E-state index contributed by atoms with van der Waals surface area (Å²) in [6.07, 6.45) is -0.523. The molecule has 19 heavy (non-hydrogen) atoms. The van der Waals surface area contributed by atoms with Gasteiger partial charge in [-0.15, -0.1) is 0 Å². The van der Waals surface area contributed by atoms with Crippen molar-refractivity contribution in [2.75, 3.05) is 23.8 Å². The van der Waals surface area contributed by atoms with Gasteiger partial charge >= 0.3 is 6.09 Å². The van der Waals surface area contributed by atoms with Gasteiger partial charge < -0.3 is 4.74 Å². The first kappa shape index (κ1) is 14.5. The first-order valence-corrected chi connectivity index (χ1v) is 7.47. The number of carbonyl (C=O) groups is 1. The third kappa shape index (κ3) is 3.16. The van der Waals surface area contributed by atoms with Crippen LogP contribution in [0.5, 0.6) is 0 Å². The van der Waals surface area contributed by atoms with E-state index >= 15 is 0 Å². The van der Waals surface area contributed by atoms with Crippen molar-refractivity contribution in [3.8, 4) is 0 Å². The standard InChI is InChI=1S/C12H12Cl2N2O2S/c1-2-18-12(17)16(11-15-6-7-19-11)10-8(13)4-3-5-9(10)14/h3-5H,2,6-7H2,1H3. The van der Waals surface area contributed by atoms with Gasteiger partial charge in [-0.1, -0.05) is 41.0 Å². The Kier molecular flexibility index (Phi) is 4.96. The lowest BCUT2D eigenvalue weighted by Crippen LogP contribution is -2.35. The highest BCUT2D eigenvalue weighted by Crippen LogP contribution is 2.36. The number of benzene rings is 1. The molecule has 1 heterocycles. The van der Waals surface area contributed by atoms with E-state index in [4.69, 9.17) is 27.9 Å². The molecule has 0 radical (unpaired) electrons. The lowest BCUT2D eigenvalue weighted by molar-refractivity contribution is 0.163. The predicted octanol–water partition coefficient (Wildman–Crippen LogP) is 4.06. The molecule has 1 aromatic rings. The summed E-state index contributed by atoms with van der Waals surface area (Å²) in [4.78, 5) is 17.8. The second-order valence-electron chi connectivity index (χ2n) is 3.62. The molecule has 4 nitrogen and oxygen atoms in total. The van der Waals surface area contributed by atoms with E-state index in [2.05, 4.69) is 4.99 Å². The largest absolute Gasteiger partial charge is 0.449 e. The SMILES string of the molecule is CCOC(=O)N(C1=NCCS1)c1c(Cl)cccc1Cl. The Morgan fingerprint density at radius 3 is 2.68 bits per heavy atom. The van der Waals surface area contributed by atoms with Crippen molar-refractivity contribution in [1.29, 1.82) is 0 Å². The van der Waals surface area contributed by atoms with Crippen molar-refractivity contribution in [3.63, 3.8) is 0 Å². The van der Waals surface area contributed by atoms with Gasteiger partial charge in [0.2, 0.25) is 0 Å². The van der Waals surface area contributed by atoms with Crippen molar-refractivity contribution < 1.29 is 9.53 Å². The number of hydrogen-bond donors (Lipinski definition) is 0. The number of amides is 1. The second kappa shape index (κ2) is 6.50. The van der Waals surface area contributed by atoms with Crippen LogP contribution in [0.25, 0.3) is 0 Å². The van der Waals surface area contributed by atoms with Gasteiger partial charge in [0.25, 0.3) is 0 Å².